The van der Waals surface area contributed by atoms with Gasteiger partial charge in [-0.25, -0.2) is 9.69 Å². The van der Waals surface area contributed by atoms with Gasteiger partial charge >= 0.3 is 6.09 Å². The number of amides is 2. The molecule has 0 spiro atoms. The van der Waals surface area contributed by atoms with Crippen LogP contribution in [0.5, 0.6) is 0 Å². The van der Waals surface area contributed by atoms with Crippen LogP contribution < -0.4 is 0 Å². The molecule has 1 saturated heterocycles. The molecule has 32 heavy (non-hydrogen) atoms. The summed E-state index contributed by atoms with van der Waals surface area (Å²) in [5.41, 5.74) is 1.01. The molecule has 1 heterocycles. The van der Waals surface area contributed by atoms with Crippen molar-refractivity contribution in [3.05, 3.63) is 60.7 Å². The lowest BCUT2D eigenvalue weighted by Gasteiger charge is -2.35. The van der Waals surface area contributed by atoms with Crippen LogP contribution in [0.2, 0.25) is 0 Å². The van der Waals surface area contributed by atoms with Crippen molar-refractivity contribution < 1.29 is 24.0 Å². The van der Waals surface area contributed by atoms with Crippen LogP contribution in [-0.2, 0) is 20.5 Å². The Bertz CT molecular complexity index is 803. The fourth-order valence-electron chi connectivity index (χ4n) is 4.01. The molecule has 3 unspecified atom stereocenters. The topological polar surface area (TPSA) is 76.1 Å². The quantitative estimate of drug-likeness (QED) is 0.308. The Morgan fingerprint density at radius 3 is 2.62 bits per heavy atom. The number of imide groups is 1. The highest BCUT2D eigenvalue weighted by Gasteiger charge is 2.43. The zero-order valence-electron chi connectivity index (χ0n) is 19.3. The van der Waals surface area contributed by atoms with Crippen molar-refractivity contribution in [2.45, 2.75) is 45.4 Å². The Labute approximate surface area is 193 Å². The van der Waals surface area contributed by atoms with Gasteiger partial charge in [0.2, 0.25) is 5.91 Å². The van der Waals surface area contributed by atoms with Gasteiger partial charge in [-0.2, -0.15) is 0 Å². The summed E-state index contributed by atoms with van der Waals surface area (Å²) in [5, 5.41) is 11.1. The van der Waals surface area contributed by atoms with Gasteiger partial charge in [-0.1, -0.05) is 75.9 Å². The molecule has 0 aliphatic carbocycles. The molecule has 1 fully saturated rings. The van der Waals surface area contributed by atoms with Gasteiger partial charge in [-0.05, 0) is 26.7 Å². The van der Waals surface area contributed by atoms with E-state index in [1.165, 1.54) is 0 Å². The second-order valence-corrected chi connectivity index (χ2v) is 9.67. The van der Waals surface area contributed by atoms with Gasteiger partial charge in [0, 0.05) is 11.8 Å². The summed E-state index contributed by atoms with van der Waals surface area (Å²) in [6.45, 7) is 11.0. The smallest absolute Gasteiger partial charge is 0.416 e. The highest BCUT2D eigenvalue weighted by molar-refractivity contribution is 7.77. The highest BCUT2D eigenvalue weighted by atomic mass is 31.1. The normalized spacial score (nSPS) is 22.1. The largest absolute Gasteiger partial charge is 0.447 e. The molecule has 2 radical (unpaired) electrons. The second kappa shape index (κ2) is 12.3. The van der Waals surface area contributed by atoms with E-state index in [4.69, 9.17) is 16.8 Å². The van der Waals surface area contributed by atoms with E-state index < -0.39 is 50.1 Å². The average Bonchev–Trinajstić information content (AvgIpc) is 3.14. The van der Waals surface area contributed by atoms with Gasteiger partial charge in [-0.15, -0.1) is 0 Å². The predicted octanol–water partition coefficient (Wildman–Crippen LogP) is 4.08. The maximum absolute atomic E-state index is 13.3. The van der Waals surface area contributed by atoms with Gasteiger partial charge in [0.25, 0.3) is 0 Å². The van der Waals surface area contributed by atoms with Crippen LogP contribution in [0.4, 0.5) is 4.79 Å². The van der Waals surface area contributed by atoms with Gasteiger partial charge in [0.1, 0.15) is 14.2 Å². The molecule has 0 saturated carbocycles. The summed E-state index contributed by atoms with van der Waals surface area (Å²) in [4.78, 5) is 26.8. The van der Waals surface area contributed by atoms with Crippen LogP contribution in [0.15, 0.2) is 55.1 Å². The van der Waals surface area contributed by atoms with Gasteiger partial charge in [-0.3, -0.25) is 4.79 Å². The lowest BCUT2D eigenvalue weighted by Crippen LogP contribution is -2.48. The minimum atomic E-state index is -1.17. The molecule has 0 bridgehead atoms. The van der Waals surface area contributed by atoms with E-state index >= 15 is 0 Å². The van der Waals surface area contributed by atoms with Crippen molar-refractivity contribution in [1.82, 2.24) is 4.90 Å². The Morgan fingerprint density at radius 1 is 1.38 bits per heavy atom. The molecule has 1 aliphatic heterocycles. The van der Waals surface area contributed by atoms with E-state index in [1.807, 2.05) is 56.3 Å². The molecule has 1 aliphatic rings. The SMILES string of the molecule is [B]P(C)O[C@@H](C(C)C=CC=C)[C@@H](C)[C@H](O)[C@@H](C)C(=O)N1C(=O)OCC1Cc1ccccc1. The van der Waals surface area contributed by atoms with Crippen molar-refractivity contribution in [3.63, 3.8) is 0 Å². The maximum atomic E-state index is 13.3. The summed E-state index contributed by atoms with van der Waals surface area (Å²) in [6.07, 6.45) is 3.81. The average molecular weight is 457 g/mol. The fourth-order valence-corrected chi connectivity index (χ4v) is 4.78. The summed E-state index contributed by atoms with van der Waals surface area (Å²) in [5.74, 6) is -1.74. The van der Waals surface area contributed by atoms with E-state index in [-0.39, 0.29) is 12.5 Å². The molecule has 1 aromatic rings. The molecule has 2 rings (SSSR count). The van der Waals surface area contributed by atoms with Crippen LogP contribution in [0.1, 0.15) is 26.3 Å². The maximum Gasteiger partial charge on any atom is 0.416 e. The number of hydrogen-bond acceptors (Lipinski definition) is 5. The number of aliphatic hydroxyl groups is 1. The lowest BCUT2D eigenvalue weighted by atomic mass is 9.83. The third kappa shape index (κ3) is 6.78. The molecule has 6 nitrogen and oxygen atoms in total. The molecule has 2 amide bonds. The molecule has 8 heteroatoms. The fraction of sp³-hybridized carbons (Fsp3) is 0.500. The molecule has 1 aromatic carbocycles. The van der Waals surface area contributed by atoms with Gasteiger partial charge in [0.05, 0.1) is 24.2 Å². The Morgan fingerprint density at radius 2 is 2.03 bits per heavy atom. The van der Waals surface area contributed by atoms with Gasteiger partial charge < -0.3 is 14.4 Å². The van der Waals surface area contributed by atoms with Crippen LogP contribution in [0.3, 0.4) is 0 Å². The Kier molecular flexibility index (Phi) is 10.1. The van der Waals surface area contributed by atoms with E-state index in [9.17, 15) is 14.7 Å². The minimum absolute atomic E-state index is 0.0592. The number of carbonyl (C=O) groups excluding carboxylic acids is 2. The highest BCUT2D eigenvalue weighted by Crippen LogP contribution is 2.36. The second-order valence-electron chi connectivity index (χ2n) is 8.36. The van der Waals surface area contributed by atoms with E-state index in [0.29, 0.717) is 6.42 Å². The zero-order chi connectivity index (χ0) is 23.8. The number of hydrogen-bond donors (Lipinski definition) is 1. The van der Waals surface area contributed by atoms with E-state index in [1.54, 1.807) is 19.7 Å². The van der Waals surface area contributed by atoms with Crippen molar-refractivity contribution in [2.75, 3.05) is 13.3 Å². The molecule has 7 atom stereocenters. The molecular weight excluding hydrogens is 424 g/mol. The summed E-state index contributed by atoms with van der Waals surface area (Å²) in [6, 6.07) is 9.22. The minimum Gasteiger partial charge on any atom is -0.447 e. The molecule has 172 valence electrons. The molecular formula is C24H33BNO5P. The van der Waals surface area contributed by atoms with Crippen molar-refractivity contribution in [2.24, 2.45) is 17.8 Å². The molecule has 0 aromatic heterocycles. The first-order chi connectivity index (χ1) is 15.2. The predicted molar refractivity (Wildman–Crippen MR) is 128 cm³/mol. The number of rotatable bonds is 11. The Balaban J connectivity index is 2.16. The zero-order valence-corrected chi connectivity index (χ0v) is 20.2. The third-order valence-corrected chi connectivity index (χ3v) is 6.40. The van der Waals surface area contributed by atoms with E-state index in [0.717, 1.165) is 10.5 Å². The summed E-state index contributed by atoms with van der Waals surface area (Å²) in [7, 11) is 4.75. The van der Waals surface area contributed by atoms with Crippen molar-refractivity contribution in [1.29, 1.82) is 0 Å². The number of benzene rings is 1. The van der Waals surface area contributed by atoms with Crippen LogP contribution in [-0.4, -0.2) is 61.1 Å². The first-order valence-corrected chi connectivity index (χ1v) is 12.6. The van der Waals surface area contributed by atoms with Crippen molar-refractivity contribution >= 4 is 27.6 Å². The van der Waals surface area contributed by atoms with E-state index in [2.05, 4.69) is 6.58 Å². The Hall–Kier alpha value is -1.95. The third-order valence-electron chi connectivity index (χ3n) is 5.83. The van der Waals surface area contributed by atoms with Crippen LogP contribution in [0.25, 0.3) is 0 Å². The lowest BCUT2D eigenvalue weighted by molar-refractivity contribution is -0.138. The standard InChI is InChI=1S/C24H33BNO5P/c1-6-7-11-16(2)22(31-32(5)25)17(3)21(27)18(4)23(28)26-20(15-30-24(26)29)14-19-12-9-8-10-13-19/h6-13,16-18,20-22,27H,1,14-15H2,2-5H3/t16?,17-,18+,20?,21-,22-,32?/m0/s1. The van der Waals surface area contributed by atoms with Crippen LogP contribution in [0, 0.1) is 17.8 Å². The number of ether oxygens (including phenoxy) is 1. The number of carbonyl (C=O) groups is 2. The summed E-state index contributed by atoms with van der Waals surface area (Å²) >= 11 is 0. The number of nitrogens with zero attached hydrogens (tertiary/aromatic N) is 1. The monoisotopic (exact) mass is 457 g/mol. The van der Waals surface area contributed by atoms with Crippen LogP contribution >= 0.6 is 8.03 Å². The number of aliphatic hydroxyl groups excluding tert-OH is 1. The number of cyclic esters (lactones) is 1. The van der Waals surface area contributed by atoms with Gasteiger partial charge in [0.15, 0.2) is 0 Å². The first-order valence-electron chi connectivity index (χ1n) is 10.8. The van der Waals surface area contributed by atoms with Crippen molar-refractivity contribution in [3.8, 4) is 0 Å². The first kappa shape index (κ1) is 26.3. The number of allylic oxidation sites excluding steroid dienone is 2. The molecule has 1 N–H and O–H groups in total. The summed E-state index contributed by atoms with van der Waals surface area (Å²) < 4.78 is 11.1.